The largest absolute Gasteiger partial charge is 0.352 e. The van der Waals surface area contributed by atoms with Gasteiger partial charge in [0, 0.05) is 24.7 Å². The maximum atomic E-state index is 11.7. The highest BCUT2D eigenvalue weighted by molar-refractivity contribution is 7.80. The zero-order chi connectivity index (χ0) is 14.3. The van der Waals surface area contributed by atoms with Crippen molar-refractivity contribution in [3.63, 3.8) is 0 Å². The highest BCUT2D eigenvalue weighted by Gasteiger charge is 2.05. The summed E-state index contributed by atoms with van der Waals surface area (Å²) < 4.78 is 0. The van der Waals surface area contributed by atoms with Gasteiger partial charge in [0.25, 0.3) is 5.91 Å². The third-order valence-electron chi connectivity index (χ3n) is 2.23. The number of hydrogen-bond acceptors (Lipinski definition) is 3. The Morgan fingerprint density at radius 3 is 2.37 bits per heavy atom. The Hall–Kier alpha value is -1.95. The standard InChI is InChI=1S/C13H17N3O2S/c1-3-8-14-12(18)10-4-6-11(7-5-10)16-13(19)15-9(2)17/h4-7H,3,8H2,1-2H3,(H,14,18)(H2,15,16,17,19). The van der Waals surface area contributed by atoms with Crippen molar-refractivity contribution in [1.82, 2.24) is 10.6 Å². The first kappa shape index (κ1) is 15.1. The number of amides is 2. The Kier molecular flexibility index (Phi) is 5.95. The van der Waals surface area contributed by atoms with E-state index in [4.69, 9.17) is 12.2 Å². The fraction of sp³-hybridized carbons (Fsp3) is 0.308. The van der Waals surface area contributed by atoms with Crippen LogP contribution in [0.5, 0.6) is 0 Å². The number of carbonyl (C=O) groups is 2. The molecule has 2 amide bonds. The molecule has 0 atom stereocenters. The van der Waals surface area contributed by atoms with Crippen LogP contribution in [0, 0.1) is 0 Å². The van der Waals surface area contributed by atoms with E-state index in [1.54, 1.807) is 24.3 Å². The Bertz CT molecular complexity index is 471. The summed E-state index contributed by atoms with van der Waals surface area (Å²) in [6.07, 6.45) is 0.899. The van der Waals surface area contributed by atoms with E-state index in [2.05, 4.69) is 16.0 Å². The van der Waals surface area contributed by atoms with Crippen LogP contribution in [0.4, 0.5) is 5.69 Å². The first-order valence-corrected chi connectivity index (χ1v) is 6.40. The van der Waals surface area contributed by atoms with E-state index in [-0.39, 0.29) is 16.9 Å². The van der Waals surface area contributed by atoms with Gasteiger partial charge in [0.1, 0.15) is 0 Å². The number of carbonyl (C=O) groups excluding carboxylic acids is 2. The van der Waals surface area contributed by atoms with Gasteiger partial charge in [-0.05, 0) is 42.9 Å². The lowest BCUT2D eigenvalue weighted by Gasteiger charge is -2.09. The molecule has 19 heavy (non-hydrogen) atoms. The number of nitrogens with one attached hydrogen (secondary N) is 3. The summed E-state index contributed by atoms with van der Waals surface area (Å²) in [6, 6.07) is 6.86. The number of rotatable bonds is 4. The summed E-state index contributed by atoms with van der Waals surface area (Å²) in [5, 5.41) is 8.33. The number of anilines is 1. The van der Waals surface area contributed by atoms with E-state index in [0.29, 0.717) is 17.8 Å². The lowest BCUT2D eigenvalue weighted by molar-refractivity contribution is -0.117. The van der Waals surface area contributed by atoms with Crippen molar-refractivity contribution in [3.8, 4) is 0 Å². The summed E-state index contributed by atoms with van der Waals surface area (Å²) in [7, 11) is 0. The van der Waals surface area contributed by atoms with Crippen LogP contribution in [0.1, 0.15) is 30.6 Å². The molecular formula is C13H17N3O2S. The molecule has 0 bridgehead atoms. The van der Waals surface area contributed by atoms with Crippen molar-refractivity contribution < 1.29 is 9.59 Å². The van der Waals surface area contributed by atoms with Crippen LogP contribution >= 0.6 is 12.2 Å². The molecule has 1 rings (SSSR count). The average Bonchev–Trinajstić information content (AvgIpc) is 2.35. The summed E-state index contributed by atoms with van der Waals surface area (Å²) in [5.74, 6) is -0.328. The van der Waals surface area contributed by atoms with Gasteiger partial charge in [-0.15, -0.1) is 0 Å². The van der Waals surface area contributed by atoms with Crippen LogP contribution in [0.25, 0.3) is 0 Å². The first-order chi connectivity index (χ1) is 9.02. The van der Waals surface area contributed by atoms with Gasteiger partial charge >= 0.3 is 0 Å². The van der Waals surface area contributed by atoms with E-state index < -0.39 is 0 Å². The summed E-state index contributed by atoms with van der Waals surface area (Å²) in [5.41, 5.74) is 1.30. The second kappa shape index (κ2) is 7.48. The summed E-state index contributed by atoms with van der Waals surface area (Å²) in [4.78, 5) is 22.5. The minimum atomic E-state index is -0.229. The molecular weight excluding hydrogens is 262 g/mol. The van der Waals surface area contributed by atoms with Crippen molar-refractivity contribution in [1.29, 1.82) is 0 Å². The number of thiocarbonyl (C=S) groups is 1. The van der Waals surface area contributed by atoms with Crippen LogP contribution in [0.3, 0.4) is 0 Å². The van der Waals surface area contributed by atoms with Gasteiger partial charge in [0.2, 0.25) is 5.91 Å². The molecule has 0 heterocycles. The van der Waals surface area contributed by atoms with Crippen LogP contribution in [-0.2, 0) is 4.79 Å². The molecule has 0 aliphatic rings. The molecule has 0 unspecified atom stereocenters. The van der Waals surface area contributed by atoms with Gasteiger partial charge in [-0.25, -0.2) is 0 Å². The Labute approximate surface area is 117 Å². The Morgan fingerprint density at radius 1 is 1.21 bits per heavy atom. The monoisotopic (exact) mass is 279 g/mol. The van der Waals surface area contributed by atoms with E-state index in [9.17, 15) is 9.59 Å². The minimum absolute atomic E-state index is 0.0992. The van der Waals surface area contributed by atoms with Gasteiger partial charge in [-0.1, -0.05) is 6.92 Å². The van der Waals surface area contributed by atoms with Crippen molar-refractivity contribution >= 4 is 34.8 Å². The van der Waals surface area contributed by atoms with Gasteiger partial charge < -0.3 is 16.0 Å². The van der Waals surface area contributed by atoms with Gasteiger partial charge in [-0.2, -0.15) is 0 Å². The summed E-state index contributed by atoms with van der Waals surface area (Å²) in [6.45, 7) is 4.04. The summed E-state index contributed by atoms with van der Waals surface area (Å²) >= 11 is 4.93. The van der Waals surface area contributed by atoms with Gasteiger partial charge in [-0.3, -0.25) is 9.59 Å². The Balaban J connectivity index is 2.58. The number of hydrogen-bond donors (Lipinski definition) is 3. The zero-order valence-corrected chi connectivity index (χ0v) is 11.8. The average molecular weight is 279 g/mol. The van der Waals surface area contributed by atoms with Crippen LogP contribution < -0.4 is 16.0 Å². The quantitative estimate of drug-likeness (QED) is 0.733. The first-order valence-electron chi connectivity index (χ1n) is 5.99. The fourth-order valence-corrected chi connectivity index (χ4v) is 1.63. The van der Waals surface area contributed by atoms with E-state index in [1.807, 2.05) is 6.92 Å². The third-order valence-corrected chi connectivity index (χ3v) is 2.43. The predicted octanol–water partition coefficient (Wildman–Crippen LogP) is 1.66. The second-order valence-corrected chi connectivity index (χ2v) is 4.38. The van der Waals surface area contributed by atoms with E-state index >= 15 is 0 Å². The smallest absolute Gasteiger partial charge is 0.251 e. The van der Waals surface area contributed by atoms with Crippen molar-refractivity contribution in [2.24, 2.45) is 0 Å². The molecule has 1 aromatic carbocycles. The topological polar surface area (TPSA) is 70.2 Å². The second-order valence-electron chi connectivity index (χ2n) is 3.97. The minimum Gasteiger partial charge on any atom is -0.352 e. The SMILES string of the molecule is CCCNC(=O)c1ccc(NC(=S)NC(C)=O)cc1. The number of benzene rings is 1. The lowest BCUT2D eigenvalue weighted by atomic mass is 10.2. The molecule has 0 aliphatic heterocycles. The molecule has 0 saturated carbocycles. The van der Waals surface area contributed by atoms with Gasteiger partial charge in [0.15, 0.2) is 5.11 Å². The van der Waals surface area contributed by atoms with Crippen LogP contribution in [-0.4, -0.2) is 23.5 Å². The molecule has 0 radical (unpaired) electrons. The van der Waals surface area contributed by atoms with Crippen molar-refractivity contribution in [2.75, 3.05) is 11.9 Å². The van der Waals surface area contributed by atoms with Crippen LogP contribution in [0.15, 0.2) is 24.3 Å². The molecule has 5 nitrogen and oxygen atoms in total. The Morgan fingerprint density at radius 2 is 1.84 bits per heavy atom. The maximum absolute atomic E-state index is 11.7. The molecule has 0 aromatic heterocycles. The molecule has 3 N–H and O–H groups in total. The third kappa shape index (κ3) is 5.48. The highest BCUT2D eigenvalue weighted by atomic mass is 32.1. The normalized spacial score (nSPS) is 9.58. The van der Waals surface area contributed by atoms with Crippen molar-refractivity contribution in [2.45, 2.75) is 20.3 Å². The molecule has 0 spiro atoms. The fourth-order valence-electron chi connectivity index (χ4n) is 1.37. The highest BCUT2D eigenvalue weighted by Crippen LogP contribution is 2.09. The van der Waals surface area contributed by atoms with E-state index in [1.165, 1.54) is 6.92 Å². The van der Waals surface area contributed by atoms with E-state index in [0.717, 1.165) is 6.42 Å². The molecule has 0 saturated heterocycles. The zero-order valence-electron chi connectivity index (χ0n) is 10.9. The van der Waals surface area contributed by atoms with Gasteiger partial charge in [0.05, 0.1) is 0 Å². The molecule has 6 heteroatoms. The predicted molar refractivity (Wildman–Crippen MR) is 79.1 cm³/mol. The molecule has 0 aliphatic carbocycles. The van der Waals surface area contributed by atoms with Crippen LogP contribution in [0.2, 0.25) is 0 Å². The lowest BCUT2D eigenvalue weighted by Crippen LogP contribution is -2.32. The molecule has 1 aromatic rings. The molecule has 0 fully saturated rings. The molecule has 102 valence electrons. The van der Waals surface area contributed by atoms with Crippen molar-refractivity contribution in [3.05, 3.63) is 29.8 Å². The maximum Gasteiger partial charge on any atom is 0.251 e.